The molecule has 2 aromatic carbocycles. The van der Waals surface area contributed by atoms with E-state index >= 15 is 0 Å². The minimum atomic E-state index is -0.700. The van der Waals surface area contributed by atoms with E-state index in [9.17, 15) is 13.6 Å². The van der Waals surface area contributed by atoms with Gasteiger partial charge in [-0.1, -0.05) is 31.2 Å². The van der Waals surface area contributed by atoms with Crippen molar-refractivity contribution in [1.82, 2.24) is 0 Å². The predicted molar refractivity (Wildman–Crippen MR) is 93.6 cm³/mol. The van der Waals surface area contributed by atoms with Crippen LogP contribution in [0.15, 0.2) is 36.4 Å². The Morgan fingerprint density at radius 3 is 1.81 bits per heavy atom. The number of carbonyl (C=O) groups is 1. The molecule has 1 unspecified atom stereocenters. The number of halogens is 2. The van der Waals surface area contributed by atoms with E-state index in [4.69, 9.17) is 14.2 Å². The lowest BCUT2D eigenvalue weighted by Gasteiger charge is -2.27. The van der Waals surface area contributed by atoms with Crippen molar-refractivity contribution in [3.63, 3.8) is 0 Å². The standard InChI is InChI=1S/C20H22F2O4/c1-5-17(23)26-12(2)18(13-8-6-10-15(21)19(13)24-3)14-9-7-11-16(22)20(14)25-4/h6-12,18H,5H2,1-4H3. The number of hydrogen-bond donors (Lipinski definition) is 0. The van der Waals surface area contributed by atoms with Gasteiger partial charge in [0.1, 0.15) is 6.10 Å². The Balaban J connectivity index is 2.67. The number of rotatable bonds is 7. The second-order valence-corrected chi connectivity index (χ2v) is 5.75. The largest absolute Gasteiger partial charge is 0.493 e. The van der Waals surface area contributed by atoms with Crippen LogP contribution in [-0.2, 0) is 9.53 Å². The van der Waals surface area contributed by atoms with Crippen molar-refractivity contribution >= 4 is 5.97 Å². The molecule has 26 heavy (non-hydrogen) atoms. The zero-order valence-electron chi connectivity index (χ0n) is 15.2. The highest BCUT2D eigenvalue weighted by Gasteiger charge is 2.31. The van der Waals surface area contributed by atoms with Gasteiger partial charge in [0.15, 0.2) is 23.1 Å². The summed E-state index contributed by atoms with van der Waals surface area (Å²) < 4.78 is 44.4. The van der Waals surface area contributed by atoms with Crippen LogP contribution < -0.4 is 9.47 Å². The SMILES string of the molecule is CCC(=O)OC(C)C(c1cccc(F)c1OC)c1cccc(F)c1OC. The number of ether oxygens (including phenoxy) is 3. The lowest BCUT2D eigenvalue weighted by Crippen LogP contribution is -2.24. The van der Waals surface area contributed by atoms with E-state index in [1.54, 1.807) is 26.0 Å². The van der Waals surface area contributed by atoms with E-state index in [1.807, 2.05) is 0 Å². The first-order valence-corrected chi connectivity index (χ1v) is 8.28. The molecule has 0 radical (unpaired) electrons. The fourth-order valence-corrected chi connectivity index (χ4v) is 3.00. The summed E-state index contributed by atoms with van der Waals surface area (Å²) in [6.45, 7) is 3.35. The highest BCUT2D eigenvalue weighted by atomic mass is 19.1. The van der Waals surface area contributed by atoms with Crippen LogP contribution in [0, 0.1) is 11.6 Å². The van der Waals surface area contributed by atoms with Crippen molar-refractivity contribution in [1.29, 1.82) is 0 Å². The molecule has 0 aliphatic heterocycles. The molecule has 4 nitrogen and oxygen atoms in total. The molecule has 2 aromatic rings. The summed E-state index contributed by atoms with van der Waals surface area (Å²) in [6, 6.07) is 8.91. The van der Waals surface area contributed by atoms with E-state index in [0.29, 0.717) is 11.1 Å². The van der Waals surface area contributed by atoms with Crippen molar-refractivity contribution in [3.05, 3.63) is 59.2 Å². The maximum absolute atomic E-state index is 14.2. The van der Waals surface area contributed by atoms with Crippen LogP contribution in [0.5, 0.6) is 11.5 Å². The van der Waals surface area contributed by atoms with Crippen LogP contribution in [0.4, 0.5) is 8.78 Å². The van der Waals surface area contributed by atoms with Gasteiger partial charge in [-0.05, 0) is 19.1 Å². The third-order valence-electron chi connectivity index (χ3n) is 4.15. The van der Waals surface area contributed by atoms with Crippen LogP contribution in [-0.4, -0.2) is 26.3 Å². The summed E-state index contributed by atoms with van der Waals surface area (Å²) in [6.07, 6.45) is -0.508. The van der Waals surface area contributed by atoms with Crippen LogP contribution in [0.1, 0.15) is 37.3 Å². The molecular formula is C20H22F2O4. The molecule has 6 heteroatoms. The van der Waals surface area contributed by atoms with Gasteiger partial charge < -0.3 is 14.2 Å². The molecule has 0 heterocycles. The summed E-state index contributed by atoms with van der Waals surface area (Å²) in [7, 11) is 2.70. The topological polar surface area (TPSA) is 44.8 Å². The monoisotopic (exact) mass is 364 g/mol. The predicted octanol–water partition coefficient (Wildman–Crippen LogP) is 4.46. The van der Waals surface area contributed by atoms with Crippen LogP contribution >= 0.6 is 0 Å². The first-order valence-electron chi connectivity index (χ1n) is 8.28. The lowest BCUT2D eigenvalue weighted by atomic mass is 9.85. The Kier molecular flexibility index (Phi) is 6.55. The molecule has 0 fully saturated rings. The van der Waals surface area contributed by atoms with Crippen LogP contribution in [0.3, 0.4) is 0 Å². The number of benzene rings is 2. The Labute approximate surface area is 151 Å². The van der Waals surface area contributed by atoms with Gasteiger partial charge in [-0.15, -0.1) is 0 Å². The molecule has 0 aromatic heterocycles. The van der Waals surface area contributed by atoms with E-state index in [1.165, 1.54) is 38.5 Å². The average Bonchev–Trinajstić information content (AvgIpc) is 2.62. The third-order valence-corrected chi connectivity index (χ3v) is 4.15. The Morgan fingerprint density at radius 2 is 1.42 bits per heavy atom. The van der Waals surface area contributed by atoms with E-state index in [2.05, 4.69) is 0 Å². The normalized spacial score (nSPS) is 12.0. The second-order valence-electron chi connectivity index (χ2n) is 5.75. The van der Waals surface area contributed by atoms with Crippen molar-refractivity contribution in [2.75, 3.05) is 14.2 Å². The summed E-state index contributed by atoms with van der Waals surface area (Å²) in [5, 5.41) is 0. The van der Waals surface area contributed by atoms with Crippen molar-refractivity contribution in [2.24, 2.45) is 0 Å². The minimum Gasteiger partial charge on any atom is -0.493 e. The number of methoxy groups -OCH3 is 2. The Hall–Kier alpha value is -2.63. The molecule has 0 bridgehead atoms. The summed E-state index contributed by atoms with van der Waals surface area (Å²) in [5.41, 5.74) is 0.876. The van der Waals surface area contributed by atoms with E-state index in [-0.39, 0.29) is 17.9 Å². The molecule has 0 aliphatic rings. The van der Waals surface area contributed by atoms with Gasteiger partial charge >= 0.3 is 5.97 Å². The smallest absolute Gasteiger partial charge is 0.305 e. The molecular weight excluding hydrogens is 342 g/mol. The molecule has 140 valence electrons. The Bertz CT molecular complexity index is 723. The quantitative estimate of drug-likeness (QED) is 0.681. The van der Waals surface area contributed by atoms with Crippen molar-refractivity contribution in [2.45, 2.75) is 32.3 Å². The van der Waals surface area contributed by atoms with Gasteiger partial charge in [-0.2, -0.15) is 0 Å². The number of para-hydroxylation sites is 2. The second kappa shape index (κ2) is 8.65. The minimum absolute atomic E-state index is 0.0169. The molecule has 1 atom stereocenters. The van der Waals surface area contributed by atoms with Gasteiger partial charge in [0, 0.05) is 17.5 Å². The van der Waals surface area contributed by atoms with Gasteiger partial charge in [0.25, 0.3) is 0 Å². The number of hydrogen-bond acceptors (Lipinski definition) is 4. The number of carbonyl (C=O) groups excluding carboxylic acids is 1. The van der Waals surface area contributed by atoms with E-state index < -0.39 is 29.6 Å². The molecule has 2 rings (SSSR count). The average molecular weight is 364 g/mol. The number of esters is 1. The highest BCUT2D eigenvalue weighted by molar-refractivity contribution is 5.69. The van der Waals surface area contributed by atoms with Crippen LogP contribution in [0.25, 0.3) is 0 Å². The van der Waals surface area contributed by atoms with Gasteiger partial charge in [-0.3, -0.25) is 4.79 Å². The maximum atomic E-state index is 14.2. The fraction of sp³-hybridized carbons (Fsp3) is 0.350. The maximum Gasteiger partial charge on any atom is 0.305 e. The summed E-state index contributed by atoms with van der Waals surface area (Å²) in [4.78, 5) is 11.8. The zero-order valence-corrected chi connectivity index (χ0v) is 15.2. The molecule has 0 amide bonds. The first-order chi connectivity index (χ1) is 12.4. The molecule has 0 N–H and O–H groups in total. The first kappa shape index (κ1) is 19.7. The molecule has 0 saturated heterocycles. The van der Waals surface area contributed by atoms with E-state index in [0.717, 1.165) is 0 Å². The fourth-order valence-electron chi connectivity index (χ4n) is 3.00. The van der Waals surface area contributed by atoms with Gasteiger partial charge in [0.2, 0.25) is 0 Å². The molecule has 0 saturated carbocycles. The zero-order chi connectivity index (χ0) is 19.3. The van der Waals surface area contributed by atoms with Crippen LogP contribution in [0.2, 0.25) is 0 Å². The van der Waals surface area contributed by atoms with Crippen molar-refractivity contribution < 1.29 is 27.8 Å². The third kappa shape index (κ3) is 3.95. The van der Waals surface area contributed by atoms with Crippen molar-refractivity contribution in [3.8, 4) is 11.5 Å². The molecule has 0 spiro atoms. The highest BCUT2D eigenvalue weighted by Crippen LogP contribution is 2.41. The lowest BCUT2D eigenvalue weighted by molar-refractivity contribution is -0.148. The van der Waals surface area contributed by atoms with Gasteiger partial charge in [0.05, 0.1) is 20.1 Å². The molecule has 0 aliphatic carbocycles. The summed E-state index contributed by atoms with van der Waals surface area (Å²) in [5.74, 6) is -2.17. The van der Waals surface area contributed by atoms with Gasteiger partial charge in [-0.25, -0.2) is 8.78 Å². The Morgan fingerprint density at radius 1 is 0.962 bits per heavy atom. The summed E-state index contributed by atoms with van der Waals surface area (Å²) >= 11 is 0.